The Morgan fingerprint density at radius 2 is 1.91 bits per heavy atom. The fourth-order valence-electron chi connectivity index (χ4n) is 2.62. The van der Waals surface area contributed by atoms with Gasteiger partial charge in [0.2, 0.25) is 0 Å². The third-order valence-corrected chi connectivity index (χ3v) is 4.37. The third kappa shape index (κ3) is 4.22. The molecular formula is C17H23ClN2O3. The fourth-order valence-corrected chi connectivity index (χ4v) is 2.82. The van der Waals surface area contributed by atoms with Gasteiger partial charge in [-0.2, -0.15) is 0 Å². The second-order valence-corrected chi connectivity index (χ2v) is 7.56. The van der Waals surface area contributed by atoms with Crippen LogP contribution in [0, 0.1) is 5.41 Å². The number of likely N-dealkylation sites (tertiary alicyclic amines) is 1. The molecule has 0 N–H and O–H groups in total. The maximum absolute atomic E-state index is 12.8. The Kier molecular flexibility index (Phi) is 4.99. The smallest absolute Gasteiger partial charge is 0.410 e. The lowest BCUT2D eigenvalue weighted by Gasteiger charge is -2.38. The van der Waals surface area contributed by atoms with Gasteiger partial charge in [-0.3, -0.25) is 4.79 Å². The van der Waals surface area contributed by atoms with Crippen LogP contribution in [0.5, 0.6) is 0 Å². The standard InChI is InChI=1S/C17H23ClN2O3/c1-16(2,3)23-15(22)20-10-7-17(4,8-11-20)13(21)12-6-5-9-19-14(12)18/h5-6,9H,7-8,10-11H2,1-4H3. The van der Waals surface area contributed by atoms with Gasteiger partial charge in [-0.1, -0.05) is 18.5 Å². The molecular weight excluding hydrogens is 316 g/mol. The number of aromatic nitrogens is 1. The highest BCUT2D eigenvalue weighted by atomic mass is 35.5. The minimum absolute atomic E-state index is 0.0144. The number of hydrogen-bond acceptors (Lipinski definition) is 4. The zero-order chi connectivity index (χ0) is 17.3. The molecule has 1 aromatic heterocycles. The molecule has 0 aromatic carbocycles. The molecule has 2 rings (SSSR count). The topological polar surface area (TPSA) is 59.5 Å². The first-order chi connectivity index (χ1) is 10.6. The van der Waals surface area contributed by atoms with E-state index in [0.29, 0.717) is 31.5 Å². The van der Waals surface area contributed by atoms with Crippen molar-refractivity contribution in [2.75, 3.05) is 13.1 Å². The first-order valence-corrected chi connectivity index (χ1v) is 8.13. The van der Waals surface area contributed by atoms with Crippen LogP contribution in [0.3, 0.4) is 0 Å². The molecule has 1 fully saturated rings. The van der Waals surface area contributed by atoms with Crippen LogP contribution in [0.2, 0.25) is 5.15 Å². The molecule has 1 amide bonds. The molecule has 1 aromatic rings. The summed E-state index contributed by atoms with van der Waals surface area (Å²) in [6, 6.07) is 3.40. The highest BCUT2D eigenvalue weighted by Gasteiger charge is 2.40. The van der Waals surface area contributed by atoms with Gasteiger partial charge in [0, 0.05) is 24.7 Å². The van der Waals surface area contributed by atoms with Crippen molar-refractivity contribution in [3.8, 4) is 0 Å². The van der Waals surface area contributed by atoms with Crippen LogP contribution in [0.4, 0.5) is 4.79 Å². The van der Waals surface area contributed by atoms with E-state index in [9.17, 15) is 9.59 Å². The van der Waals surface area contributed by atoms with Crippen molar-refractivity contribution >= 4 is 23.5 Å². The maximum Gasteiger partial charge on any atom is 0.410 e. The van der Waals surface area contributed by atoms with Gasteiger partial charge in [0.05, 0.1) is 5.56 Å². The van der Waals surface area contributed by atoms with Gasteiger partial charge in [-0.15, -0.1) is 0 Å². The van der Waals surface area contributed by atoms with Crippen LogP contribution in [0.1, 0.15) is 50.9 Å². The number of hydrogen-bond donors (Lipinski definition) is 0. The number of pyridine rings is 1. The molecule has 5 nitrogen and oxygen atoms in total. The summed E-state index contributed by atoms with van der Waals surface area (Å²) in [4.78, 5) is 30.5. The number of amides is 1. The molecule has 1 aliphatic heterocycles. The number of Topliss-reactive ketones (excluding diaryl/α,β-unsaturated/α-hetero) is 1. The summed E-state index contributed by atoms with van der Waals surface area (Å²) < 4.78 is 5.38. The van der Waals surface area contributed by atoms with E-state index in [1.807, 2.05) is 27.7 Å². The summed E-state index contributed by atoms with van der Waals surface area (Å²) in [7, 11) is 0. The normalized spacial score (nSPS) is 17.7. The van der Waals surface area contributed by atoms with E-state index in [1.165, 1.54) is 0 Å². The molecule has 6 heteroatoms. The SMILES string of the molecule is CC(C)(C)OC(=O)N1CCC(C)(C(=O)c2cccnc2Cl)CC1. The molecule has 23 heavy (non-hydrogen) atoms. The second-order valence-electron chi connectivity index (χ2n) is 7.20. The van der Waals surface area contributed by atoms with Gasteiger partial charge in [-0.25, -0.2) is 9.78 Å². The zero-order valence-corrected chi connectivity index (χ0v) is 14.8. The van der Waals surface area contributed by atoms with Crippen molar-refractivity contribution in [1.29, 1.82) is 0 Å². The van der Waals surface area contributed by atoms with E-state index in [2.05, 4.69) is 4.98 Å². The molecule has 126 valence electrons. The number of ketones is 1. The molecule has 0 radical (unpaired) electrons. The lowest BCUT2D eigenvalue weighted by Crippen LogP contribution is -2.46. The Hall–Kier alpha value is -1.62. The van der Waals surface area contributed by atoms with Gasteiger partial charge in [-0.05, 0) is 45.7 Å². The minimum atomic E-state index is -0.537. The van der Waals surface area contributed by atoms with Crippen molar-refractivity contribution in [1.82, 2.24) is 9.88 Å². The van der Waals surface area contributed by atoms with Crippen LogP contribution in [-0.4, -0.2) is 40.5 Å². The lowest BCUT2D eigenvalue weighted by atomic mass is 9.75. The fraction of sp³-hybridized carbons (Fsp3) is 0.588. The van der Waals surface area contributed by atoms with Gasteiger partial charge >= 0.3 is 6.09 Å². The second kappa shape index (κ2) is 6.48. The monoisotopic (exact) mass is 338 g/mol. The minimum Gasteiger partial charge on any atom is -0.444 e. The van der Waals surface area contributed by atoms with Crippen LogP contribution in [0.25, 0.3) is 0 Å². The predicted octanol–water partition coefficient (Wildman–Crippen LogP) is 3.95. The highest BCUT2D eigenvalue weighted by Crippen LogP contribution is 2.36. The average Bonchev–Trinajstić information content (AvgIpc) is 2.46. The van der Waals surface area contributed by atoms with Crippen LogP contribution < -0.4 is 0 Å². The largest absolute Gasteiger partial charge is 0.444 e. The van der Waals surface area contributed by atoms with Crippen molar-refractivity contribution in [2.45, 2.75) is 46.1 Å². The Bertz CT molecular complexity index is 602. The molecule has 2 heterocycles. The molecule has 0 bridgehead atoms. The summed E-state index contributed by atoms with van der Waals surface area (Å²) in [6.07, 6.45) is 2.39. The molecule has 0 aliphatic carbocycles. The van der Waals surface area contributed by atoms with Crippen LogP contribution >= 0.6 is 11.6 Å². The average molecular weight is 339 g/mol. The number of piperidine rings is 1. The molecule has 1 saturated heterocycles. The van der Waals surface area contributed by atoms with E-state index in [4.69, 9.17) is 16.3 Å². The summed E-state index contributed by atoms with van der Waals surface area (Å²) in [5, 5.41) is 0.230. The summed E-state index contributed by atoms with van der Waals surface area (Å²) in [6.45, 7) is 8.43. The van der Waals surface area contributed by atoms with Crippen molar-refractivity contribution in [2.24, 2.45) is 5.41 Å². The van der Waals surface area contributed by atoms with E-state index in [0.717, 1.165) is 0 Å². The van der Waals surface area contributed by atoms with Gasteiger partial charge < -0.3 is 9.64 Å². The van der Waals surface area contributed by atoms with E-state index in [1.54, 1.807) is 23.2 Å². The third-order valence-electron chi connectivity index (χ3n) is 4.07. The summed E-state index contributed by atoms with van der Waals surface area (Å²) in [5.41, 5.74) is -0.607. The lowest BCUT2D eigenvalue weighted by molar-refractivity contribution is 0.0122. The number of carbonyl (C=O) groups is 2. The number of halogens is 1. The molecule has 0 spiro atoms. The molecule has 1 aliphatic rings. The zero-order valence-electron chi connectivity index (χ0n) is 14.1. The Labute approximate surface area is 142 Å². The molecule has 0 unspecified atom stereocenters. The van der Waals surface area contributed by atoms with Crippen LogP contribution in [-0.2, 0) is 4.74 Å². The Morgan fingerprint density at radius 3 is 2.43 bits per heavy atom. The molecule has 0 saturated carbocycles. The highest BCUT2D eigenvalue weighted by molar-refractivity contribution is 6.33. The maximum atomic E-state index is 12.8. The number of rotatable bonds is 2. The van der Waals surface area contributed by atoms with Gasteiger partial charge in [0.25, 0.3) is 0 Å². The van der Waals surface area contributed by atoms with Gasteiger partial charge in [0.1, 0.15) is 10.8 Å². The number of carbonyl (C=O) groups excluding carboxylic acids is 2. The first-order valence-electron chi connectivity index (χ1n) is 7.76. The predicted molar refractivity (Wildman–Crippen MR) is 88.7 cm³/mol. The summed E-state index contributed by atoms with van der Waals surface area (Å²) >= 11 is 6.04. The Balaban J connectivity index is 2.04. The number of nitrogens with zero attached hydrogens (tertiary/aromatic N) is 2. The van der Waals surface area contributed by atoms with Gasteiger partial charge in [0.15, 0.2) is 5.78 Å². The van der Waals surface area contributed by atoms with Crippen LogP contribution in [0.15, 0.2) is 18.3 Å². The van der Waals surface area contributed by atoms with E-state index in [-0.39, 0.29) is 17.0 Å². The summed E-state index contributed by atoms with van der Waals surface area (Å²) in [5.74, 6) is -0.0144. The number of ether oxygens (including phenoxy) is 1. The van der Waals surface area contributed by atoms with Crippen molar-refractivity contribution < 1.29 is 14.3 Å². The quantitative estimate of drug-likeness (QED) is 0.605. The Morgan fingerprint density at radius 1 is 1.30 bits per heavy atom. The first kappa shape index (κ1) is 17.7. The van der Waals surface area contributed by atoms with Crippen molar-refractivity contribution in [3.63, 3.8) is 0 Å². The molecule has 0 atom stereocenters. The van der Waals surface area contributed by atoms with Crippen molar-refractivity contribution in [3.05, 3.63) is 29.0 Å². The van der Waals surface area contributed by atoms with E-state index >= 15 is 0 Å². The van der Waals surface area contributed by atoms with E-state index < -0.39 is 11.0 Å².